The van der Waals surface area contributed by atoms with Crippen LogP contribution in [0.1, 0.15) is 41.2 Å². The van der Waals surface area contributed by atoms with Crippen molar-refractivity contribution in [3.8, 4) is 5.75 Å². The second kappa shape index (κ2) is 8.52. The van der Waals surface area contributed by atoms with Gasteiger partial charge in [-0.25, -0.2) is 13.1 Å². The minimum absolute atomic E-state index is 0.0721. The maximum atomic E-state index is 12.6. The van der Waals surface area contributed by atoms with Crippen molar-refractivity contribution in [2.75, 3.05) is 19.8 Å². The Balaban J connectivity index is 1.40. The van der Waals surface area contributed by atoms with E-state index in [1.165, 1.54) is 24.3 Å². The summed E-state index contributed by atoms with van der Waals surface area (Å²) in [6.45, 7) is 1.47. The smallest absolute Gasteiger partial charge is 0.251 e. The Hall–Kier alpha value is -2.42. The van der Waals surface area contributed by atoms with E-state index in [-0.39, 0.29) is 29.5 Å². The zero-order valence-corrected chi connectivity index (χ0v) is 16.8. The molecule has 2 aromatic rings. The van der Waals surface area contributed by atoms with E-state index in [1.807, 2.05) is 24.3 Å². The van der Waals surface area contributed by atoms with Crippen molar-refractivity contribution in [3.05, 3.63) is 59.7 Å². The molecule has 0 saturated carbocycles. The highest BCUT2D eigenvalue weighted by Gasteiger charge is 2.24. The van der Waals surface area contributed by atoms with Gasteiger partial charge in [0.15, 0.2) is 0 Å². The lowest BCUT2D eigenvalue weighted by Crippen LogP contribution is -2.32. The second-order valence-electron chi connectivity index (χ2n) is 7.21. The van der Waals surface area contributed by atoms with Crippen LogP contribution in [-0.2, 0) is 14.8 Å². The Kier molecular flexibility index (Phi) is 5.84. The molecular weight excluding hydrogens is 392 g/mol. The molecule has 7 nitrogen and oxygen atoms in total. The zero-order valence-electron chi connectivity index (χ0n) is 16.0. The zero-order chi connectivity index (χ0) is 20.3. The van der Waals surface area contributed by atoms with Crippen molar-refractivity contribution in [2.24, 2.45) is 0 Å². The summed E-state index contributed by atoms with van der Waals surface area (Å²) in [6, 6.07) is 13.5. The van der Waals surface area contributed by atoms with Crippen LogP contribution in [0.4, 0.5) is 0 Å². The number of hydrogen-bond acceptors (Lipinski definition) is 5. The van der Waals surface area contributed by atoms with Gasteiger partial charge in [0.05, 0.1) is 23.6 Å². The first-order chi connectivity index (χ1) is 14.0. The van der Waals surface area contributed by atoms with Gasteiger partial charge in [0.25, 0.3) is 5.91 Å². The van der Waals surface area contributed by atoms with Crippen LogP contribution in [0.3, 0.4) is 0 Å². The molecule has 0 unspecified atom stereocenters. The van der Waals surface area contributed by atoms with Crippen LogP contribution in [0.2, 0.25) is 0 Å². The number of nitrogens with one attached hydrogen (secondary N) is 2. The van der Waals surface area contributed by atoms with Crippen molar-refractivity contribution >= 4 is 15.9 Å². The maximum Gasteiger partial charge on any atom is 0.251 e. The van der Waals surface area contributed by atoms with Crippen LogP contribution in [0.15, 0.2) is 53.4 Å². The third-order valence-electron chi connectivity index (χ3n) is 5.22. The summed E-state index contributed by atoms with van der Waals surface area (Å²) >= 11 is 0. The number of carbonyl (C=O) groups is 1. The molecule has 1 amide bonds. The van der Waals surface area contributed by atoms with E-state index in [0.29, 0.717) is 25.2 Å². The molecular formula is C21H24N2O5S. The summed E-state index contributed by atoms with van der Waals surface area (Å²) in [7, 11) is -3.64. The fourth-order valence-corrected chi connectivity index (χ4v) is 4.68. The lowest BCUT2D eigenvalue weighted by atomic mass is 10.00. The number of fused-ring (bicyclic) bond motifs is 1. The Morgan fingerprint density at radius 1 is 1.03 bits per heavy atom. The van der Waals surface area contributed by atoms with Crippen molar-refractivity contribution in [1.82, 2.24) is 10.0 Å². The minimum atomic E-state index is -3.64. The fraction of sp³-hybridized carbons (Fsp3) is 0.381. The Bertz CT molecular complexity index is 969. The molecule has 8 heteroatoms. The van der Waals surface area contributed by atoms with E-state index in [2.05, 4.69) is 10.0 Å². The monoisotopic (exact) mass is 416 g/mol. The molecule has 0 radical (unpaired) electrons. The number of carbonyl (C=O) groups excluding carboxylic acids is 1. The molecule has 1 saturated heterocycles. The molecule has 2 heterocycles. The van der Waals surface area contributed by atoms with E-state index in [9.17, 15) is 13.2 Å². The predicted molar refractivity (Wildman–Crippen MR) is 107 cm³/mol. The number of benzene rings is 2. The SMILES string of the molecule is O=C(N[C@@H]1CCOc2ccccc21)c1ccc(S(=O)(=O)NC[C@@H]2CCCO2)cc1. The predicted octanol–water partition coefficient (Wildman–Crippen LogP) is 2.40. The van der Waals surface area contributed by atoms with Crippen molar-refractivity contribution in [2.45, 2.75) is 36.3 Å². The number of rotatable bonds is 6. The van der Waals surface area contributed by atoms with Gasteiger partial charge in [-0.05, 0) is 43.2 Å². The molecule has 154 valence electrons. The third kappa shape index (κ3) is 4.60. The summed E-state index contributed by atoms with van der Waals surface area (Å²) in [6.07, 6.45) is 2.42. The molecule has 1 fully saturated rings. The van der Waals surface area contributed by atoms with Crippen molar-refractivity contribution in [3.63, 3.8) is 0 Å². The van der Waals surface area contributed by atoms with Crippen LogP contribution in [0, 0.1) is 0 Å². The van der Waals surface area contributed by atoms with Gasteiger partial charge in [0, 0.05) is 30.7 Å². The van der Waals surface area contributed by atoms with Crippen molar-refractivity contribution in [1.29, 1.82) is 0 Å². The van der Waals surface area contributed by atoms with Crippen LogP contribution >= 0.6 is 0 Å². The van der Waals surface area contributed by atoms with Crippen LogP contribution in [0.25, 0.3) is 0 Å². The lowest BCUT2D eigenvalue weighted by molar-refractivity contribution is 0.0924. The highest BCUT2D eigenvalue weighted by Crippen LogP contribution is 2.31. The first-order valence-electron chi connectivity index (χ1n) is 9.77. The quantitative estimate of drug-likeness (QED) is 0.754. The highest BCUT2D eigenvalue weighted by molar-refractivity contribution is 7.89. The van der Waals surface area contributed by atoms with Gasteiger partial charge in [-0.1, -0.05) is 18.2 Å². The molecule has 2 aliphatic rings. The molecule has 2 aromatic carbocycles. The van der Waals surface area contributed by atoms with Crippen molar-refractivity contribution < 1.29 is 22.7 Å². The average molecular weight is 416 g/mol. The van der Waals surface area contributed by atoms with E-state index in [0.717, 1.165) is 24.2 Å². The second-order valence-corrected chi connectivity index (χ2v) is 8.98. The molecule has 0 bridgehead atoms. The summed E-state index contributed by atoms with van der Waals surface area (Å²) in [5.74, 6) is 0.533. The molecule has 2 N–H and O–H groups in total. The van der Waals surface area contributed by atoms with E-state index < -0.39 is 10.0 Å². The van der Waals surface area contributed by atoms with Gasteiger partial charge in [-0.15, -0.1) is 0 Å². The van der Waals surface area contributed by atoms with E-state index in [1.54, 1.807) is 0 Å². The molecule has 2 aliphatic heterocycles. The summed E-state index contributed by atoms with van der Waals surface area (Å²) < 4.78 is 38.5. The standard InChI is InChI=1S/C21H24N2O5S/c24-21(23-19-11-13-28-20-6-2-1-5-18(19)20)15-7-9-17(10-8-15)29(25,26)22-14-16-4-3-12-27-16/h1-2,5-10,16,19,22H,3-4,11-14H2,(H,23,24)/t16-,19+/m0/s1. The maximum absolute atomic E-state index is 12.6. The van der Waals surface area contributed by atoms with Crippen LogP contribution in [-0.4, -0.2) is 40.2 Å². The van der Waals surface area contributed by atoms with Gasteiger partial charge in [0.2, 0.25) is 10.0 Å². The molecule has 4 rings (SSSR count). The van der Waals surface area contributed by atoms with Gasteiger partial charge in [-0.2, -0.15) is 0 Å². The summed E-state index contributed by atoms with van der Waals surface area (Å²) in [4.78, 5) is 12.8. The highest BCUT2D eigenvalue weighted by atomic mass is 32.2. The van der Waals surface area contributed by atoms with E-state index >= 15 is 0 Å². The number of hydrogen-bond donors (Lipinski definition) is 2. The van der Waals surface area contributed by atoms with Gasteiger partial charge in [-0.3, -0.25) is 4.79 Å². The van der Waals surface area contributed by atoms with Gasteiger partial charge < -0.3 is 14.8 Å². The minimum Gasteiger partial charge on any atom is -0.493 e. The van der Waals surface area contributed by atoms with Crippen LogP contribution in [0.5, 0.6) is 5.75 Å². The number of ether oxygens (including phenoxy) is 2. The van der Waals surface area contributed by atoms with Crippen LogP contribution < -0.4 is 14.8 Å². The summed E-state index contributed by atoms with van der Waals surface area (Å²) in [5, 5.41) is 3.01. The largest absolute Gasteiger partial charge is 0.493 e. The first-order valence-corrected chi connectivity index (χ1v) is 11.3. The Morgan fingerprint density at radius 3 is 2.59 bits per heavy atom. The molecule has 0 aliphatic carbocycles. The third-order valence-corrected chi connectivity index (χ3v) is 6.66. The number of para-hydroxylation sites is 1. The molecule has 2 atom stereocenters. The normalized spacial score (nSPS) is 21.2. The number of sulfonamides is 1. The average Bonchev–Trinajstić information content (AvgIpc) is 3.26. The summed E-state index contributed by atoms with van der Waals surface area (Å²) in [5.41, 5.74) is 1.36. The first kappa shape index (κ1) is 19.9. The molecule has 29 heavy (non-hydrogen) atoms. The van der Waals surface area contributed by atoms with Gasteiger partial charge >= 0.3 is 0 Å². The fourth-order valence-electron chi connectivity index (χ4n) is 3.61. The molecule has 0 aromatic heterocycles. The number of amides is 1. The van der Waals surface area contributed by atoms with Gasteiger partial charge in [0.1, 0.15) is 5.75 Å². The molecule has 0 spiro atoms. The Morgan fingerprint density at radius 2 is 1.83 bits per heavy atom. The Labute approximate surface area is 170 Å². The topological polar surface area (TPSA) is 93.7 Å². The lowest BCUT2D eigenvalue weighted by Gasteiger charge is -2.26. The van der Waals surface area contributed by atoms with E-state index in [4.69, 9.17) is 9.47 Å².